The van der Waals surface area contributed by atoms with E-state index in [9.17, 15) is 8.78 Å². The normalized spacial score (nSPS) is 14.7. The molecule has 0 radical (unpaired) electrons. The van der Waals surface area contributed by atoms with Gasteiger partial charge in [0.25, 0.3) is 0 Å². The predicted molar refractivity (Wildman–Crippen MR) is 45.1 cm³/mol. The summed E-state index contributed by atoms with van der Waals surface area (Å²) in [5.74, 6) is 0.274. The quantitative estimate of drug-likeness (QED) is 0.686. The Morgan fingerprint density at radius 2 is 1.92 bits per heavy atom. The van der Waals surface area contributed by atoms with Crippen LogP contribution in [0.15, 0.2) is 18.2 Å². The molecule has 0 atom stereocenters. The van der Waals surface area contributed by atoms with Crippen LogP contribution >= 0.6 is 0 Å². The van der Waals surface area contributed by atoms with Crippen LogP contribution in [-0.2, 0) is 12.8 Å². The van der Waals surface area contributed by atoms with Gasteiger partial charge in [0.1, 0.15) is 5.75 Å². The van der Waals surface area contributed by atoms with Crippen molar-refractivity contribution < 1.29 is 13.5 Å². The molecule has 0 N–H and O–H groups in total. The molecule has 2 rings (SSSR count). The van der Waals surface area contributed by atoms with Crippen LogP contribution in [0.1, 0.15) is 17.5 Å². The molecule has 0 saturated heterocycles. The third-order valence-corrected chi connectivity index (χ3v) is 2.30. The highest BCUT2D eigenvalue weighted by atomic mass is 19.3. The number of fused-ring (bicyclic) bond motifs is 1. The van der Waals surface area contributed by atoms with Crippen molar-refractivity contribution in [3.8, 4) is 5.75 Å². The molecule has 0 amide bonds. The molecule has 13 heavy (non-hydrogen) atoms. The Balaban J connectivity index is 2.21. The summed E-state index contributed by atoms with van der Waals surface area (Å²) in [6, 6.07) is 5.20. The van der Waals surface area contributed by atoms with Gasteiger partial charge in [-0.15, -0.1) is 0 Å². The molecule has 0 aliphatic heterocycles. The summed E-state index contributed by atoms with van der Waals surface area (Å²) in [5, 5.41) is 0. The fraction of sp³-hybridized carbons (Fsp3) is 0.400. The van der Waals surface area contributed by atoms with Crippen LogP contribution in [0.5, 0.6) is 5.75 Å². The van der Waals surface area contributed by atoms with Gasteiger partial charge in [-0.25, -0.2) is 0 Å². The number of alkyl halides is 2. The Labute approximate surface area is 75.3 Å². The average molecular weight is 184 g/mol. The standard InChI is InChI=1S/C10H10F2O/c11-10(12)13-9-5-4-7-2-1-3-8(7)6-9/h4-6,10H,1-3H2. The molecule has 1 aromatic rings. The summed E-state index contributed by atoms with van der Waals surface area (Å²) in [7, 11) is 0. The number of hydrogen-bond acceptors (Lipinski definition) is 1. The molecular formula is C10H10F2O. The Morgan fingerprint density at radius 1 is 1.15 bits per heavy atom. The first kappa shape index (κ1) is 8.48. The SMILES string of the molecule is FC(F)Oc1ccc2c(c1)CCC2. The fourth-order valence-corrected chi connectivity index (χ4v) is 1.72. The highest BCUT2D eigenvalue weighted by Gasteiger charge is 2.12. The summed E-state index contributed by atoms with van der Waals surface area (Å²) in [4.78, 5) is 0. The van der Waals surface area contributed by atoms with Gasteiger partial charge in [-0.3, -0.25) is 0 Å². The summed E-state index contributed by atoms with van der Waals surface area (Å²) in [5.41, 5.74) is 2.42. The van der Waals surface area contributed by atoms with E-state index in [1.54, 1.807) is 12.1 Å². The van der Waals surface area contributed by atoms with Gasteiger partial charge in [-0.1, -0.05) is 6.07 Å². The zero-order valence-corrected chi connectivity index (χ0v) is 7.09. The van der Waals surface area contributed by atoms with Crippen LogP contribution in [0.3, 0.4) is 0 Å². The fourth-order valence-electron chi connectivity index (χ4n) is 1.72. The second-order valence-electron chi connectivity index (χ2n) is 3.16. The van der Waals surface area contributed by atoms with E-state index in [1.165, 1.54) is 5.56 Å². The zero-order valence-electron chi connectivity index (χ0n) is 7.09. The number of ether oxygens (including phenoxy) is 1. The van der Waals surface area contributed by atoms with Crippen molar-refractivity contribution in [1.29, 1.82) is 0 Å². The van der Waals surface area contributed by atoms with Crippen molar-refractivity contribution in [3.05, 3.63) is 29.3 Å². The Hall–Kier alpha value is -1.12. The van der Waals surface area contributed by atoms with Gasteiger partial charge in [-0.05, 0) is 42.5 Å². The van der Waals surface area contributed by atoms with Crippen molar-refractivity contribution in [1.82, 2.24) is 0 Å². The number of rotatable bonds is 2. The Morgan fingerprint density at radius 3 is 2.69 bits per heavy atom. The molecule has 0 fully saturated rings. The summed E-state index contributed by atoms with van der Waals surface area (Å²) in [6.07, 6.45) is 3.16. The van der Waals surface area contributed by atoms with Gasteiger partial charge in [0.2, 0.25) is 0 Å². The molecule has 1 aromatic carbocycles. The molecule has 0 unspecified atom stereocenters. The first-order valence-electron chi connectivity index (χ1n) is 4.32. The number of hydrogen-bond donors (Lipinski definition) is 0. The van der Waals surface area contributed by atoms with Gasteiger partial charge in [0.05, 0.1) is 0 Å². The second kappa shape index (κ2) is 3.32. The topological polar surface area (TPSA) is 9.23 Å². The minimum absolute atomic E-state index is 0.274. The number of halogens is 2. The minimum Gasteiger partial charge on any atom is -0.435 e. The summed E-state index contributed by atoms with van der Waals surface area (Å²) >= 11 is 0. The minimum atomic E-state index is -2.72. The largest absolute Gasteiger partial charge is 0.435 e. The molecule has 0 aromatic heterocycles. The van der Waals surface area contributed by atoms with E-state index in [0.717, 1.165) is 24.8 Å². The lowest BCUT2D eigenvalue weighted by Gasteiger charge is -2.05. The molecule has 1 aliphatic carbocycles. The zero-order chi connectivity index (χ0) is 9.26. The van der Waals surface area contributed by atoms with E-state index in [4.69, 9.17) is 0 Å². The smallest absolute Gasteiger partial charge is 0.387 e. The Bertz CT molecular complexity index is 310. The lowest BCUT2D eigenvalue weighted by atomic mass is 10.1. The van der Waals surface area contributed by atoms with Crippen LogP contribution < -0.4 is 4.74 Å². The van der Waals surface area contributed by atoms with E-state index >= 15 is 0 Å². The van der Waals surface area contributed by atoms with Crippen molar-refractivity contribution in [2.45, 2.75) is 25.9 Å². The maximum Gasteiger partial charge on any atom is 0.387 e. The molecule has 0 saturated carbocycles. The third kappa shape index (κ3) is 1.79. The first-order valence-corrected chi connectivity index (χ1v) is 4.32. The van der Waals surface area contributed by atoms with Crippen LogP contribution in [0, 0.1) is 0 Å². The third-order valence-electron chi connectivity index (χ3n) is 2.30. The number of aryl methyl sites for hydroxylation is 2. The highest BCUT2D eigenvalue weighted by molar-refractivity contribution is 5.38. The van der Waals surface area contributed by atoms with Gasteiger partial charge >= 0.3 is 6.61 Å². The molecule has 1 nitrogen and oxygen atoms in total. The van der Waals surface area contributed by atoms with Crippen LogP contribution in [-0.4, -0.2) is 6.61 Å². The average Bonchev–Trinajstić information content (AvgIpc) is 2.49. The molecule has 3 heteroatoms. The van der Waals surface area contributed by atoms with Gasteiger partial charge < -0.3 is 4.74 Å². The van der Waals surface area contributed by atoms with Crippen molar-refractivity contribution in [2.24, 2.45) is 0 Å². The predicted octanol–water partition coefficient (Wildman–Crippen LogP) is 2.78. The van der Waals surface area contributed by atoms with E-state index in [0.29, 0.717) is 0 Å². The highest BCUT2D eigenvalue weighted by Crippen LogP contribution is 2.26. The maximum atomic E-state index is 11.9. The van der Waals surface area contributed by atoms with Crippen LogP contribution in [0.25, 0.3) is 0 Å². The molecule has 0 bridgehead atoms. The van der Waals surface area contributed by atoms with E-state index in [2.05, 4.69) is 4.74 Å². The monoisotopic (exact) mass is 184 g/mol. The number of benzene rings is 1. The van der Waals surface area contributed by atoms with Gasteiger partial charge in [0.15, 0.2) is 0 Å². The van der Waals surface area contributed by atoms with E-state index < -0.39 is 6.61 Å². The van der Waals surface area contributed by atoms with Crippen LogP contribution in [0.4, 0.5) is 8.78 Å². The van der Waals surface area contributed by atoms with Gasteiger partial charge in [0, 0.05) is 0 Å². The molecule has 0 spiro atoms. The second-order valence-corrected chi connectivity index (χ2v) is 3.16. The summed E-state index contributed by atoms with van der Waals surface area (Å²) in [6.45, 7) is -2.72. The molecule has 1 aliphatic rings. The maximum absolute atomic E-state index is 11.9. The Kier molecular flexibility index (Phi) is 2.17. The first-order chi connectivity index (χ1) is 6.25. The van der Waals surface area contributed by atoms with Crippen LogP contribution in [0.2, 0.25) is 0 Å². The van der Waals surface area contributed by atoms with Crippen molar-refractivity contribution in [3.63, 3.8) is 0 Å². The lowest BCUT2D eigenvalue weighted by Crippen LogP contribution is -2.02. The summed E-state index contributed by atoms with van der Waals surface area (Å²) < 4.78 is 28.0. The molecule has 70 valence electrons. The molecule has 0 heterocycles. The van der Waals surface area contributed by atoms with E-state index in [1.807, 2.05) is 6.07 Å². The van der Waals surface area contributed by atoms with Crippen molar-refractivity contribution >= 4 is 0 Å². The van der Waals surface area contributed by atoms with Gasteiger partial charge in [-0.2, -0.15) is 8.78 Å². The van der Waals surface area contributed by atoms with E-state index in [-0.39, 0.29) is 5.75 Å². The van der Waals surface area contributed by atoms with Crippen molar-refractivity contribution in [2.75, 3.05) is 0 Å². The molecular weight excluding hydrogens is 174 g/mol. The lowest BCUT2D eigenvalue weighted by molar-refractivity contribution is -0.0498.